The number of benzene rings is 2. The Morgan fingerprint density at radius 1 is 0.815 bits per heavy atom. The summed E-state index contributed by atoms with van der Waals surface area (Å²) in [5.74, 6) is 0. The summed E-state index contributed by atoms with van der Waals surface area (Å²) in [4.78, 5) is 3.55. The van der Waals surface area contributed by atoms with E-state index in [2.05, 4.69) is 0 Å². The first-order valence-electron chi connectivity index (χ1n) is 8.72. The summed E-state index contributed by atoms with van der Waals surface area (Å²) < 4.78 is 0. The minimum atomic E-state index is -0.945. The molecule has 0 aliphatic rings. The third-order valence-electron chi connectivity index (χ3n) is 4.22. The van der Waals surface area contributed by atoms with Gasteiger partial charge in [-0.3, -0.25) is 0 Å². The van der Waals surface area contributed by atoms with Crippen LogP contribution in [0.3, 0.4) is 0 Å². The Morgan fingerprint density at radius 3 is 1.78 bits per heavy atom. The fourth-order valence-electron chi connectivity index (χ4n) is 2.82. The van der Waals surface area contributed by atoms with E-state index in [9.17, 15) is 15.3 Å². The summed E-state index contributed by atoms with van der Waals surface area (Å²) in [6, 6.07) is 14.2. The number of rotatable bonds is 10. The molecule has 0 aliphatic heterocycles. The van der Waals surface area contributed by atoms with Crippen molar-refractivity contribution < 1.29 is 15.3 Å². The summed E-state index contributed by atoms with van der Waals surface area (Å²) in [5, 5.41) is 29.5. The predicted octanol–water partition coefficient (Wildman–Crippen LogP) is 1.07. The van der Waals surface area contributed by atoms with Gasteiger partial charge in [-0.15, -0.1) is 0 Å². The lowest BCUT2D eigenvalue weighted by Gasteiger charge is -2.35. The van der Waals surface area contributed by atoms with Crippen LogP contribution in [-0.4, -0.2) is 59.8 Å². The highest BCUT2D eigenvalue weighted by molar-refractivity contribution is 6.22. The number of halogens is 1. The SMILES string of the molecule is Nc1ccc(N(CCO)CC(O)C(Cl)N(CCO)c2ccc(N)cc2)cc1. The molecule has 0 bridgehead atoms. The van der Waals surface area contributed by atoms with Crippen LogP contribution in [0, 0.1) is 0 Å². The highest BCUT2D eigenvalue weighted by Crippen LogP contribution is 2.24. The molecule has 2 atom stereocenters. The summed E-state index contributed by atoms with van der Waals surface area (Å²) >= 11 is 6.53. The lowest BCUT2D eigenvalue weighted by atomic mass is 10.2. The molecule has 0 fully saturated rings. The van der Waals surface area contributed by atoms with Crippen molar-refractivity contribution in [2.75, 3.05) is 54.1 Å². The van der Waals surface area contributed by atoms with Gasteiger partial charge in [-0.2, -0.15) is 0 Å². The summed E-state index contributed by atoms with van der Waals surface area (Å²) in [5.41, 5.74) is 13.5. The van der Waals surface area contributed by atoms with E-state index < -0.39 is 11.6 Å². The largest absolute Gasteiger partial charge is 0.399 e. The molecular weight excluding hydrogens is 368 g/mol. The fraction of sp³-hybridized carbons (Fsp3) is 0.368. The molecule has 7 nitrogen and oxygen atoms in total. The minimum Gasteiger partial charge on any atom is -0.399 e. The first kappa shape index (κ1) is 21.1. The Bertz CT molecular complexity index is 684. The van der Waals surface area contributed by atoms with Gasteiger partial charge in [0.1, 0.15) is 11.6 Å². The van der Waals surface area contributed by atoms with Gasteiger partial charge in [0.25, 0.3) is 0 Å². The van der Waals surface area contributed by atoms with Crippen LogP contribution in [-0.2, 0) is 0 Å². The van der Waals surface area contributed by atoms with E-state index in [1.165, 1.54) is 0 Å². The number of hydrogen-bond donors (Lipinski definition) is 5. The lowest BCUT2D eigenvalue weighted by molar-refractivity contribution is 0.167. The lowest BCUT2D eigenvalue weighted by Crippen LogP contribution is -2.47. The van der Waals surface area contributed by atoms with E-state index in [0.717, 1.165) is 11.4 Å². The van der Waals surface area contributed by atoms with Crippen LogP contribution in [0.4, 0.5) is 22.7 Å². The molecule has 148 valence electrons. The maximum Gasteiger partial charge on any atom is 0.132 e. The molecule has 0 aromatic heterocycles. The van der Waals surface area contributed by atoms with Crippen molar-refractivity contribution in [2.45, 2.75) is 11.6 Å². The second-order valence-electron chi connectivity index (χ2n) is 6.21. The van der Waals surface area contributed by atoms with Crippen LogP contribution >= 0.6 is 11.6 Å². The van der Waals surface area contributed by atoms with Gasteiger partial charge in [-0.25, -0.2) is 0 Å². The Hall–Kier alpha value is -2.19. The van der Waals surface area contributed by atoms with E-state index in [-0.39, 0.29) is 26.3 Å². The fourth-order valence-corrected chi connectivity index (χ4v) is 3.11. The quantitative estimate of drug-likeness (QED) is 0.232. The van der Waals surface area contributed by atoms with Gasteiger partial charge in [-0.1, -0.05) is 11.6 Å². The Balaban J connectivity index is 2.14. The zero-order chi connectivity index (χ0) is 19.8. The zero-order valence-electron chi connectivity index (χ0n) is 15.1. The summed E-state index contributed by atoms with van der Waals surface area (Å²) in [6.07, 6.45) is -0.945. The Morgan fingerprint density at radius 2 is 1.30 bits per heavy atom. The molecule has 7 N–H and O–H groups in total. The monoisotopic (exact) mass is 394 g/mol. The van der Waals surface area contributed by atoms with Crippen LogP contribution in [0.2, 0.25) is 0 Å². The number of alkyl halides is 1. The first-order chi connectivity index (χ1) is 13.0. The van der Waals surface area contributed by atoms with Crippen molar-refractivity contribution in [3.05, 3.63) is 48.5 Å². The summed E-state index contributed by atoms with van der Waals surface area (Å²) in [7, 11) is 0. The van der Waals surface area contributed by atoms with Crippen molar-refractivity contribution in [3.8, 4) is 0 Å². The second-order valence-corrected chi connectivity index (χ2v) is 6.66. The van der Waals surface area contributed by atoms with E-state index in [0.29, 0.717) is 17.9 Å². The number of nitrogens with two attached hydrogens (primary N) is 2. The molecule has 0 radical (unpaired) electrons. The molecule has 2 aromatic rings. The summed E-state index contributed by atoms with van der Waals surface area (Å²) in [6.45, 7) is 0.625. The molecule has 2 rings (SSSR count). The molecule has 0 saturated carbocycles. The van der Waals surface area contributed by atoms with Gasteiger partial charge in [-0.05, 0) is 48.5 Å². The van der Waals surface area contributed by atoms with Crippen molar-refractivity contribution in [2.24, 2.45) is 0 Å². The number of nitrogens with zero attached hydrogens (tertiary/aromatic N) is 2. The maximum absolute atomic E-state index is 10.7. The molecule has 2 unspecified atom stereocenters. The normalized spacial score (nSPS) is 13.2. The van der Waals surface area contributed by atoms with Crippen molar-refractivity contribution >= 4 is 34.4 Å². The highest BCUT2D eigenvalue weighted by atomic mass is 35.5. The van der Waals surface area contributed by atoms with Gasteiger partial charge >= 0.3 is 0 Å². The van der Waals surface area contributed by atoms with Gasteiger partial charge in [0, 0.05) is 42.4 Å². The van der Waals surface area contributed by atoms with Crippen LogP contribution < -0.4 is 21.3 Å². The third kappa shape index (κ3) is 5.90. The highest BCUT2D eigenvalue weighted by Gasteiger charge is 2.26. The molecule has 0 amide bonds. The van der Waals surface area contributed by atoms with E-state index >= 15 is 0 Å². The van der Waals surface area contributed by atoms with E-state index in [1.54, 1.807) is 41.3 Å². The average molecular weight is 395 g/mol. The van der Waals surface area contributed by atoms with Gasteiger partial charge in [0.2, 0.25) is 0 Å². The Labute approximate surface area is 164 Å². The van der Waals surface area contributed by atoms with Crippen LogP contribution in [0.15, 0.2) is 48.5 Å². The molecule has 0 spiro atoms. The molecular formula is C19H27ClN4O3. The van der Waals surface area contributed by atoms with Gasteiger partial charge < -0.3 is 36.6 Å². The topological polar surface area (TPSA) is 119 Å². The number of anilines is 4. The third-order valence-corrected chi connectivity index (χ3v) is 4.74. The number of aliphatic hydroxyl groups excluding tert-OH is 3. The number of aliphatic hydroxyl groups is 3. The molecule has 0 aliphatic carbocycles. The molecule has 0 heterocycles. The molecule has 0 saturated heterocycles. The Kier molecular flexibility index (Phi) is 7.99. The van der Waals surface area contributed by atoms with Crippen molar-refractivity contribution in [1.29, 1.82) is 0 Å². The molecule has 8 heteroatoms. The van der Waals surface area contributed by atoms with Gasteiger partial charge in [0.15, 0.2) is 0 Å². The standard InChI is InChI=1S/C19H27ClN4O3/c20-19(24(10-12-26)17-7-3-15(22)4-8-17)18(27)13-23(9-11-25)16-5-1-14(21)2-6-16/h1-8,18-19,25-27H,9-13,21-22H2. The van der Waals surface area contributed by atoms with Gasteiger partial charge in [0.05, 0.1) is 13.2 Å². The smallest absolute Gasteiger partial charge is 0.132 e. The predicted molar refractivity (Wildman–Crippen MR) is 111 cm³/mol. The zero-order valence-corrected chi connectivity index (χ0v) is 15.8. The number of nitrogen functional groups attached to an aromatic ring is 2. The van der Waals surface area contributed by atoms with E-state index in [1.807, 2.05) is 17.0 Å². The number of hydrogen-bond acceptors (Lipinski definition) is 7. The average Bonchev–Trinajstić information content (AvgIpc) is 2.66. The molecule has 27 heavy (non-hydrogen) atoms. The van der Waals surface area contributed by atoms with Crippen LogP contribution in [0.5, 0.6) is 0 Å². The maximum atomic E-state index is 10.7. The second kappa shape index (κ2) is 10.2. The van der Waals surface area contributed by atoms with Crippen molar-refractivity contribution in [1.82, 2.24) is 0 Å². The minimum absolute atomic E-state index is 0.0671. The van der Waals surface area contributed by atoms with Crippen LogP contribution in [0.1, 0.15) is 0 Å². The van der Waals surface area contributed by atoms with Crippen molar-refractivity contribution in [3.63, 3.8) is 0 Å². The first-order valence-corrected chi connectivity index (χ1v) is 9.16. The molecule has 2 aromatic carbocycles. The van der Waals surface area contributed by atoms with Crippen LogP contribution in [0.25, 0.3) is 0 Å². The van der Waals surface area contributed by atoms with E-state index in [4.69, 9.17) is 23.1 Å².